The summed E-state index contributed by atoms with van der Waals surface area (Å²) in [5, 5.41) is 0. The average Bonchev–Trinajstić information content (AvgIpc) is 3.10. The molecule has 0 unspecified atom stereocenters. The van der Waals surface area contributed by atoms with Gasteiger partial charge in [-0.05, 0) is 42.7 Å². The standard InChI is InChI=1S/C18H17N3O2S/c1-23-18(22)13-7-8-16-12(10-13)5-3-9-21(16)11-14-4-2-6-15-17(14)20-24-19-15/h2,4,6-8,10H,3,5,9,11H2,1H3. The van der Waals surface area contributed by atoms with E-state index in [0.717, 1.165) is 37.0 Å². The zero-order valence-electron chi connectivity index (χ0n) is 13.4. The van der Waals surface area contributed by atoms with Gasteiger partial charge >= 0.3 is 5.97 Å². The number of aromatic nitrogens is 2. The van der Waals surface area contributed by atoms with Crippen molar-refractivity contribution in [2.75, 3.05) is 18.6 Å². The van der Waals surface area contributed by atoms with Crippen LogP contribution in [-0.4, -0.2) is 28.4 Å². The molecule has 0 N–H and O–H groups in total. The van der Waals surface area contributed by atoms with Crippen LogP contribution in [0.3, 0.4) is 0 Å². The van der Waals surface area contributed by atoms with E-state index in [9.17, 15) is 4.79 Å². The fourth-order valence-electron chi connectivity index (χ4n) is 3.28. The molecular weight excluding hydrogens is 322 g/mol. The molecule has 1 aliphatic rings. The predicted octanol–water partition coefficient (Wildman–Crippen LogP) is 3.43. The summed E-state index contributed by atoms with van der Waals surface area (Å²) in [6.07, 6.45) is 2.06. The van der Waals surface area contributed by atoms with Crippen LogP contribution in [0.15, 0.2) is 36.4 Å². The number of benzene rings is 2. The molecule has 0 amide bonds. The molecule has 1 aromatic heterocycles. The molecule has 2 aromatic carbocycles. The third-order valence-electron chi connectivity index (χ3n) is 4.45. The highest BCUT2D eigenvalue weighted by molar-refractivity contribution is 7.00. The third kappa shape index (κ3) is 2.63. The van der Waals surface area contributed by atoms with Gasteiger partial charge in [0.15, 0.2) is 0 Å². The maximum Gasteiger partial charge on any atom is 0.337 e. The Bertz CT molecular complexity index is 906. The van der Waals surface area contributed by atoms with Crippen LogP contribution in [0.4, 0.5) is 5.69 Å². The van der Waals surface area contributed by atoms with Gasteiger partial charge < -0.3 is 9.64 Å². The maximum absolute atomic E-state index is 11.7. The summed E-state index contributed by atoms with van der Waals surface area (Å²) < 4.78 is 13.6. The van der Waals surface area contributed by atoms with Gasteiger partial charge in [0.2, 0.25) is 0 Å². The molecule has 0 atom stereocenters. The normalized spacial score (nSPS) is 13.8. The van der Waals surface area contributed by atoms with E-state index in [2.05, 4.69) is 19.7 Å². The summed E-state index contributed by atoms with van der Waals surface area (Å²) in [6.45, 7) is 1.80. The first-order valence-corrected chi connectivity index (χ1v) is 8.65. The Morgan fingerprint density at radius 1 is 1.29 bits per heavy atom. The van der Waals surface area contributed by atoms with Crippen LogP contribution < -0.4 is 4.90 Å². The second kappa shape index (κ2) is 6.20. The zero-order chi connectivity index (χ0) is 16.5. The van der Waals surface area contributed by atoms with Gasteiger partial charge in [0, 0.05) is 24.3 Å². The number of carbonyl (C=O) groups excluding carboxylic acids is 1. The minimum atomic E-state index is -0.284. The van der Waals surface area contributed by atoms with E-state index in [1.165, 1.54) is 35.7 Å². The monoisotopic (exact) mass is 339 g/mol. The fourth-order valence-corrected chi connectivity index (χ4v) is 3.85. The van der Waals surface area contributed by atoms with E-state index in [0.29, 0.717) is 5.56 Å². The molecule has 0 saturated carbocycles. The summed E-state index contributed by atoms with van der Waals surface area (Å²) in [5.41, 5.74) is 6.13. The molecule has 1 aliphatic heterocycles. The van der Waals surface area contributed by atoms with Crippen molar-refractivity contribution in [2.45, 2.75) is 19.4 Å². The van der Waals surface area contributed by atoms with Gasteiger partial charge in [0.25, 0.3) is 0 Å². The first-order valence-electron chi connectivity index (χ1n) is 7.92. The van der Waals surface area contributed by atoms with E-state index in [1.54, 1.807) is 0 Å². The van der Waals surface area contributed by atoms with Crippen molar-refractivity contribution in [1.29, 1.82) is 0 Å². The van der Waals surface area contributed by atoms with Gasteiger partial charge in [-0.1, -0.05) is 12.1 Å². The van der Waals surface area contributed by atoms with Crippen molar-refractivity contribution in [2.24, 2.45) is 0 Å². The molecule has 5 nitrogen and oxygen atoms in total. The smallest absolute Gasteiger partial charge is 0.337 e. The molecule has 0 aliphatic carbocycles. The number of methoxy groups -OCH3 is 1. The number of ether oxygens (including phenoxy) is 1. The lowest BCUT2D eigenvalue weighted by atomic mass is 9.98. The molecule has 6 heteroatoms. The van der Waals surface area contributed by atoms with Gasteiger partial charge in [0.1, 0.15) is 11.0 Å². The number of carbonyl (C=O) groups is 1. The van der Waals surface area contributed by atoms with Crippen LogP contribution in [0.25, 0.3) is 11.0 Å². The van der Waals surface area contributed by atoms with Crippen molar-refractivity contribution >= 4 is 34.4 Å². The summed E-state index contributed by atoms with van der Waals surface area (Å²) in [6, 6.07) is 12.0. The molecule has 0 fully saturated rings. The number of anilines is 1. The van der Waals surface area contributed by atoms with E-state index in [1.807, 2.05) is 30.3 Å². The molecule has 0 spiro atoms. The number of nitrogens with zero attached hydrogens (tertiary/aromatic N) is 3. The first kappa shape index (κ1) is 15.1. The minimum absolute atomic E-state index is 0.284. The van der Waals surface area contributed by atoms with Gasteiger partial charge in [-0.3, -0.25) is 0 Å². The lowest BCUT2D eigenvalue weighted by Gasteiger charge is -2.31. The third-order valence-corrected chi connectivity index (χ3v) is 4.99. The minimum Gasteiger partial charge on any atom is -0.465 e. The number of aryl methyl sites for hydroxylation is 1. The summed E-state index contributed by atoms with van der Waals surface area (Å²) in [5.74, 6) is -0.284. The largest absolute Gasteiger partial charge is 0.465 e. The molecule has 122 valence electrons. The Hall–Kier alpha value is -2.47. The highest BCUT2D eigenvalue weighted by atomic mass is 32.1. The Kier molecular flexibility index (Phi) is 3.90. The SMILES string of the molecule is COC(=O)c1ccc2c(c1)CCCN2Cc1cccc2nsnc12. The van der Waals surface area contributed by atoms with E-state index >= 15 is 0 Å². The lowest BCUT2D eigenvalue weighted by Crippen LogP contribution is -2.29. The second-order valence-corrected chi connectivity index (χ2v) is 6.44. The average molecular weight is 339 g/mol. The van der Waals surface area contributed by atoms with Crippen molar-refractivity contribution in [3.8, 4) is 0 Å². The summed E-state index contributed by atoms with van der Waals surface area (Å²) in [4.78, 5) is 14.1. The first-order chi connectivity index (χ1) is 11.8. The van der Waals surface area contributed by atoms with Crippen LogP contribution in [-0.2, 0) is 17.7 Å². The van der Waals surface area contributed by atoms with Gasteiger partial charge in [-0.2, -0.15) is 8.75 Å². The Balaban J connectivity index is 1.67. The molecule has 24 heavy (non-hydrogen) atoms. The van der Waals surface area contributed by atoms with Crippen LogP contribution in [0.5, 0.6) is 0 Å². The zero-order valence-corrected chi connectivity index (χ0v) is 14.2. The highest BCUT2D eigenvalue weighted by Crippen LogP contribution is 2.30. The maximum atomic E-state index is 11.7. The topological polar surface area (TPSA) is 55.3 Å². The number of fused-ring (bicyclic) bond motifs is 2. The number of hydrogen-bond acceptors (Lipinski definition) is 6. The van der Waals surface area contributed by atoms with E-state index < -0.39 is 0 Å². The quantitative estimate of drug-likeness (QED) is 0.684. The predicted molar refractivity (Wildman–Crippen MR) is 94.6 cm³/mol. The molecular formula is C18H17N3O2S. The second-order valence-electron chi connectivity index (χ2n) is 5.91. The number of rotatable bonds is 3. The summed E-state index contributed by atoms with van der Waals surface area (Å²) in [7, 11) is 1.41. The van der Waals surface area contributed by atoms with Crippen molar-refractivity contribution in [3.63, 3.8) is 0 Å². The Morgan fingerprint density at radius 2 is 2.21 bits per heavy atom. The molecule has 2 heterocycles. The Morgan fingerprint density at radius 3 is 3.08 bits per heavy atom. The molecule has 0 saturated heterocycles. The highest BCUT2D eigenvalue weighted by Gasteiger charge is 2.20. The molecule has 3 aromatic rings. The van der Waals surface area contributed by atoms with Gasteiger partial charge in [0.05, 0.1) is 24.4 Å². The van der Waals surface area contributed by atoms with Crippen LogP contribution in [0, 0.1) is 0 Å². The summed E-state index contributed by atoms with van der Waals surface area (Å²) >= 11 is 1.25. The van der Waals surface area contributed by atoms with E-state index in [-0.39, 0.29) is 5.97 Å². The van der Waals surface area contributed by atoms with Gasteiger partial charge in [-0.25, -0.2) is 4.79 Å². The van der Waals surface area contributed by atoms with Gasteiger partial charge in [-0.15, -0.1) is 0 Å². The Labute approximate surface area is 144 Å². The molecule has 0 radical (unpaired) electrons. The molecule has 0 bridgehead atoms. The lowest BCUT2D eigenvalue weighted by molar-refractivity contribution is 0.0600. The van der Waals surface area contributed by atoms with Crippen LogP contribution >= 0.6 is 11.7 Å². The number of esters is 1. The van der Waals surface area contributed by atoms with Crippen LogP contribution in [0.1, 0.15) is 27.9 Å². The molecule has 4 rings (SSSR count). The van der Waals surface area contributed by atoms with E-state index in [4.69, 9.17) is 4.74 Å². The van der Waals surface area contributed by atoms with Crippen molar-refractivity contribution < 1.29 is 9.53 Å². The van der Waals surface area contributed by atoms with Crippen molar-refractivity contribution in [3.05, 3.63) is 53.1 Å². The fraction of sp³-hybridized carbons (Fsp3) is 0.278. The van der Waals surface area contributed by atoms with Crippen molar-refractivity contribution in [1.82, 2.24) is 8.75 Å². The number of hydrogen-bond donors (Lipinski definition) is 0. The van der Waals surface area contributed by atoms with Crippen LogP contribution in [0.2, 0.25) is 0 Å².